The minimum atomic E-state index is 0.453. The van der Waals surface area contributed by atoms with Gasteiger partial charge in [0.15, 0.2) is 0 Å². The largest absolute Gasteiger partial charge is 0.457 e. The van der Waals surface area contributed by atoms with Gasteiger partial charge in [-0.25, -0.2) is 0 Å². The van der Waals surface area contributed by atoms with Crippen molar-refractivity contribution in [3.63, 3.8) is 0 Å². The summed E-state index contributed by atoms with van der Waals surface area (Å²) in [5.41, 5.74) is 8.74. The Bertz CT molecular complexity index is 3340. The van der Waals surface area contributed by atoms with Crippen LogP contribution in [0, 0.1) is 0 Å². The number of hydrogen-bond acceptors (Lipinski definition) is 5. The van der Waals surface area contributed by atoms with Crippen LogP contribution in [-0.2, 0) is 0 Å². The van der Waals surface area contributed by atoms with Gasteiger partial charge in [-0.3, -0.25) is 0 Å². The number of ether oxygens (including phenoxy) is 2. The van der Waals surface area contributed by atoms with E-state index >= 15 is 0 Å². The SMILES string of the molecule is [3H]c1cccc(N(c2ccccc2)c2ccc(Oc3ccc(N(c4ccc(Oc5ccc(N(c6ccccc6)c6cccc([3H])c6)cc5)cc4)c4cc5ccccc5c5ccccc45)cc3)cc2)c1. The normalized spacial score (nSPS) is 11.4. The number of benzene rings is 11. The highest BCUT2D eigenvalue weighted by Crippen LogP contribution is 2.44. The van der Waals surface area contributed by atoms with Gasteiger partial charge in [-0.2, -0.15) is 0 Å². The first-order valence-electron chi connectivity index (χ1n) is 23.3. The van der Waals surface area contributed by atoms with Crippen LogP contribution in [0.1, 0.15) is 2.74 Å². The van der Waals surface area contributed by atoms with Gasteiger partial charge < -0.3 is 24.2 Å². The highest BCUT2D eigenvalue weighted by Gasteiger charge is 2.19. The number of nitrogens with zero attached hydrogens (tertiary/aromatic N) is 3. The molecule has 5 nitrogen and oxygen atoms in total. The van der Waals surface area contributed by atoms with Crippen molar-refractivity contribution in [1.29, 1.82) is 0 Å². The van der Waals surface area contributed by atoms with Crippen molar-refractivity contribution >= 4 is 72.7 Å². The van der Waals surface area contributed by atoms with E-state index in [0.717, 1.165) is 62.0 Å². The quantitative estimate of drug-likeness (QED) is 0.108. The lowest BCUT2D eigenvalue weighted by Crippen LogP contribution is -2.10. The Balaban J connectivity index is 0.884. The lowest BCUT2D eigenvalue weighted by Gasteiger charge is -2.28. The number of fused-ring (bicyclic) bond motifs is 3. The molecule has 0 aliphatic carbocycles. The van der Waals surface area contributed by atoms with Crippen LogP contribution in [0.4, 0.5) is 51.2 Å². The predicted octanol–water partition coefficient (Wildman–Crippen LogP) is 18.0. The smallest absolute Gasteiger partial charge is 0.127 e. The number of hydrogen-bond donors (Lipinski definition) is 0. The molecule has 0 saturated carbocycles. The van der Waals surface area contributed by atoms with Gasteiger partial charge in [0.25, 0.3) is 0 Å². The van der Waals surface area contributed by atoms with Crippen molar-refractivity contribution in [2.24, 2.45) is 0 Å². The van der Waals surface area contributed by atoms with E-state index in [1.165, 1.54) is 10.8 Å². The third-order valence-electron chi connectivity index (χ3n) is 11.8. The zero-order valence-corrected chi connectivity index (χ0v) is 36.5. The molecule has 0 aliphatic rings. The third-order valence-corrected chi connectivity index (χ3v) is 11.8. The Kier molecular flexibility index (Phi) is 10.6. The second kappa shape index (κ2) is 18.6. The molecule has 0 N–H and O–H groups in total. The first kappa shape index (κ1) is 38.4. The molecule has 67 heavy (non-hydrogen) atoms. The average Bonchev–Trinajstić information content (AvgIpc) is 3.39. The molecular weight excluding hydrogens is 819 g/mol. The minimum absolute atomic E-state index is 0.453. The molecular formula is C62H45N3O2. The van der Waals surface area contributed by atoms with Crippen LogP contribution in [0.15, 0.2) is 273 Å². The third kappa shape index (κ3) is 8.65. The van der Waals surface area contributed by atoms with Crippen molar-refractivity contribution < 1.29 is 12.2 Å². The Morgan fingerprint density at radius 2 is 0.567 bits per heavy atom. The summed E-state index contributed by atoms with van der Waals surface area (Å²) < 4.78 is 29.5. The molecule has 0 atom stereocenters. The molecule has 5 heteroatoms. The van der Waals surface area contributed by atoms with Crippen LogP contribution in [0.5, 0.6) is 23.0 Å². The van der Waals surface area contributed by atoms with E-state index in [0.29, 0.717) is 35.1 Å². The van der Waals surface area contributed by atoms with Crippen LogP contribution >= 0.6 is 0 Å². The average molecular weight is 868 g/mol. The van der Waals surface area contributed by atoms with E-state index in [1.807, 2.05) is 146 Å². The van der Waals surface area contributed by atoms with Crippen molar-refractivity contribution in [3.8, 4) is 23.0 Å². The lowest BCUT2D eigenvalue weighted by atomic mass is 9.99. The fraction of sp³-hybridized carbons (Fsp3) is 0. The van der Waals surface area contributed by atoms with Crippen LogP contribution in [0.25, 0.3) is 21.5 Å². The Morgan fingerprint density at radius 1 is 0.254 bits per heavy atom. The maximum absolute atomic E-state index is 8.27. The first-order chi connectivity index (χ1) is 34.0. The Morgan fingerprint density at radius 3 is 0.985 bits per heavy atom. The zero-order chi connectivity index (χ0) is 46.5. The lowest BCUT2D eigenvalue weighted by molar-refractivity contribution is 0.482. The second-order valence-electron chi connectivity index (χ2n) is 16.0. The molecule has 0 radical (unpaired) electrons. The maximum Gasteiger partial charge on any atom is 0.127 e. The molecule has 0 unspecified atom stereocenters. The van der Waals surface area contributed by atoms with Gasteiger partial charge in [-0.05, 0) is 168 Å². The summed E-state index contributed by atoms with van der Waals surface area (Å²) in [4.78, 5) is 6.57. The number of para-hydroxylation sites is 4. The van der Waals surface area contributed by atoms with Gasteiger partial charge in [0.2, 0.25) is 0 Å². The highest BCUT2D eigenvalue weighted by atomic mass is 16.5. The predicted molar refractivity (Wildman–Crippen MR) is 279 cm³/mol. The molecule has 0 heterocycles. The summed E-state index contributed by atoms with van der Waals surface area (Å²) in [5, 5.41) is 4.67. The fourth-order valence-electron chi connectivity index (χ4n) is 8.67. The van der Waals surface area contributed by atoms with E-state index in [1.54, 1.807) is 12.1 Å². The van der Waals surface area contributed by atoms with Crippen LogP contribution in [0.2, 0.25) is 0 Å². The number of anilines is 9. The Hall–Kier alpha value is -9.06. The topological polar surface area (TPSA) is 28.2 Å². The fourth-order valence-corrected chi connectivity index (χ4v) is 8.67. The number of rotatable bonds is 13. The van der Waals surface area contributed by atoms with Gasteiger partial charge in [0.1, 0.15) is 23.0 Å². The molecule has 0 aliphatic heterocycles. The monoisotopic (exact) mass is 867 g/mol. The minimum Gasteiger partial charge on any atom is -0.457 e. The molecule has 320 valence electrons. The first-order valence-corrected chi connectivity index (χ1v) is 22.3. The van der Waals surface area contributed by atoms with E-state index in [4.69, 9.17) is 12.2 Å². The van der Waals surface area contributed by atoms with Crippen LogP contribution in [0.3, 0.4) is 0 Å². The summed E-state index contributed by atoms with van der Waals surface area (Å²) in [6.07, 6.45) is 0. The summed E-state index contributed by atoms with van der Waals surface area (Å²) in [5.74, 6) is 2.85. The van der Waals surface area contributed by atoms with Gasteiger partial charge in [0.05, 0.1) is 8.43 Å². The molecule has 0 saturated heterocycles. The molecule has 11 rings (SSSR count). The van der Waals surface area contributed by atoms with E-state index in [-0.39, 0.29) is 0 Å². The van der Waals surface area contributed by atoms with E-state index < -0.39 is 0 Å². The van der Waals surface area contributed by atoms with Gasteiger partial charge in [-0.1, -0.05) is 121 Å². The molecule has 0 fully saturated rings. The van der Waals surface area contributed by atoms with E-state index in [9.17, 15) is 0 Å². The molecule has 11 aromatic carbocycles. The second-order valence-corrected chi connectivity index (χ2v) is 16.0. The van der Waals surface area contributed by atoms with Crippen LogP contribution in [-0.4, -0.2) is 0 Å². The summed E-state index contributed by atoms with van der Waals surface area (Å²) >= 11 is 0. The molecule has 0 aromatic heterocycles. The summed E-state index contributed by atoms with van der Waals surface area (Å²) in [6.45, 7) is 0. The molecule has 0 bridgehead atoms. The van der Waals surface area contributed by atoms with Crippen molar-refractivity contribution in [2.75, 3.05) is 14.7 Å². The van der Waals surface area contributed by atoms with Gasteiger partial charge in [0, 0.05) is 50.9 Å². The molecule has 11 aromatic rings. The summed E-state index contributed by atoms with van der Waals surface area (Å²) in [6, 6.07) is 88.4. The molecule has 0 amide bonds. The zero-order valence-electron chi connectivity index (χ0n) is 38.5. The van der Waals surface area contributed by atoms with Crippen molar-refractivity contribution in [2.45, 2.75) is 0 Å². The maximum atomic E-state index is 8.27. The van der Waals surface area contributed by atoms with Crippen molar-refractivity contribution in [3.05, 3.63) is 273 Å². The Labute approximate surface area is 394 Å². The summed E-state index contributed by atoms with van der Waals surface area (Å²) in [7, 11) is 0. The van der Waals surface area contributed by atoms with Gasteiger partial charge in [-0.15, -0.1) is 0 Å². The van der Waals surface area contributed by atoms with E-state index in [2.05, 4.69) is 118 Å². The van der Waals surface area contributed by atoms with Crippen LogP contribution < -0.4 is 24.2 Å². The van der Waals surface area contributed by atoms with Gasteiger partial charge >= 0.3 is 0 Å². The highest BCUT2D eigenvalue weighted by molar-refractivity contribution is 6.14. The molecule has 0 spiro atoms. The standard InChI is InChI=1S/C62H45N3O2/c1-5-18-47(19-6-1)63(48-20-7-2-8-21-48)51-29-37-55(38-30-51)66-57-41-33-53(34-42-57)65(62-45-46-17-13-14-26-59(46)60-27-15-16-28-61(60)62)54-35-43-58(44-36-54)67-56-39-31-52(32-40-56)64(49-22-9-3-10-23-49)50-24-11-4-12-25-50/h1-45H/i5T,9T. The van der Waals surface area contributed by atoms with Crippen molar-refractivity contribution in [1.82, 2.24) is 0 Å².